The number of aryl methyl sites for hydroxylation is 1. The Morgan fingerprint density at radius 3 is 2.73 bits per heavy atom. The highest BCUT2D eigenvalue weighted by molar-refractivity contribution is 5.81. The summed E-state index contributed by atoms with van der Waals surface area (Å²) in [4.78, 5) is 15.7. The number of rotatable bonds is 4. The molecule has 0 aliphatic heterocycles. The third-order valence-corrected chi connectivity index (χ3v) is 3.86. The summed E-state index contributed by atoms with van der Waals surface area (Å²) in [6.07, 6.45) is 0. The van der Waals surface area contributed by atoms with Crippen molar-refractivity contribution in [2.24, 2.45) is 0 Å². The van der Waals surface area contributed by atoms with Crippen molar-refractivity contribution in [1.82, 2.24) is 10.1 Å². The summed E-state index contributed by atoms with van der Waals surface area (Å²) in [7, 11) is 0. The Kier molecular flexibility index (Phi) is 3.96. The Morgan fingerprint density at radius 1 is 1.12 bits per heavy atom. The summed E-state index contributed by atoms with van der Waals surface area (Å²) < 4.78 is 28.9. The van der Waals surface area contributed by atoms with Crippen LogP contribution in [0.4, 0.5) is 4.39 Å². The van der Waals surface area contributed by atoms with Crippen LogP contribution in [0.25, 0.3) is 22.4 Å². The van der Waals surface area contributed by atoms with Crippen molar-refractivity contribution in [1.29, 1.82) is 0 Å². The third kappa shape index (κ3) is 3.19. The zero-order valence-electron chi connectivity index (χ0n) is 13.7. The molecule has 0 amide bonds. The van der Waals surface area contributed by atoms with Gasteiger partial charge in [-0.1, -0.05) is 5.16 Å². The van der Waals surface area contributed by atoms with Crippen LogP contribution in [0.1, 0.15) is 11.5 Å². The highest BCUT2D eigenvalue weighted by atomic mass is 19.1. The second-order valence-electron chi connectivity index (χ2n) is 5.71. The number of aromatic nitrogens is 2. The van der Waals surface area contributed by atoms with Gasteiger partial charge in [0.25, 0.3) is 5.89 Å². The molecule has 2 heterocycles. The van der Waals surface area contributed by atoms with Crippen molar-refractivity contribution in [3.63, 3.8) is 0 Å². The summed E-state index contributed by atoms with van der Waals surface area (Å²) in [5, 5.41) is 4.69. The van der Waals surface area contributed by atoms with Crippen molar-refractivity contribution in [2.45, 2.75) is 13.5 Å². The number of benzene rings is 2. The van der Waals surface area contributed by atoms with Crippen LogP contribution >= 0.6 is 0 Å². The van der Waals surface area contributed by atoms with Gasteiger partial charge in [0.15, 0.2) is 6.61 Å². The number of fused-ring (bicyclic) bond motifs is 1. The molecule has 0 N–H and O–H groups in total. The minimum Gasteiger partial charge on any atom is -0.484 e. The minimum absolute atomic E-state index is 0.0513. The van der Waals surface area contributed by atoms with Crippen LogP contribution in [0.15, 0.2) is 62.3 Å². The standard InChI is InChI=1S/C19H13FN2O4/c1-11-8-18(23)25-16-9-14(6-7-15(11)16)24-10-17-21-19(22-26-17)12-2-4-13(20)5-3-12/h2-9H,10H2,1H3. The van der Waals surface area contributed by atoms with E-state index in [-0.39, 0.29) is 18.3 Å². The molecule has 0 saturated heterocycles. The number of halogens is 1. The first-order valence-corrected chi connectivity index (χ1v) is 7.84. The third-order valence-electron chi connectivity index (χ3n) is 3.86. The van der Waals surface area contributed by atoms with E-state index in [1.54, 1.807) is 24.3 Å². The van der Waals surface area contributed by atoms with E-state index in [4.69, 9.17) is 13.7 Å². The van der Waals surface area contributed by atoms with Gasteiger partial charge in [-0.3, -0.25) is 0 Å². The van der Waals surface area contributed by atoms with E-state index < -0.39 is 5.63 Å². The van der Waals surface area contributed by atoms with E-state index >= 15 is 0 Å². The Balaban J connectivity index is 1.51. The van der Waals surface area contributed by atoms with Crippen LogP contribution < -0.4 is 10.4 Å². The lowest BCUT2D eigenvalue weighted by Crippen LogP contribution is -1.99. The van der Waals surface area contributed by atoms with Crippen LogP contribution in [0.5, 0.6) is 5.75 Å². The van der Waals surface area contributed by atoms with Gasteiger partial charge < -0.3 is 13.7 Å². The van der Waals surface area contributed by atoms with Gasteiger partial charge in [0, 0.05) is 23.1 Å². The first kappa shape index (κ1) is 16.0. The van der Waals surface area contributed by atoms with E-state index in [0.717, 1.165) is 10.9 Å². The second kappa shape index (κ2) is 6.44. The Bertz CT molecular complexity index is 1130. The van der Waals surface area contributed by atoms with Crippen LogP contribution in [0.2, 0.25) is 0 Å². The quantitative estimate of drug-likeness (QED) is 0.519. The van der Waals surface area contributed by atoms with Gasteiger partial charge in [0.05, 0.1) is 0 Å². The van der Waals surface area contributed by atoms with Gasteiger partial charge in [-0.15, -0.1) is 0 Å². The van der Waals surface area contributed by atoms with Gasteiger partial charge in [-0.2, -0.15) is 4.98 Å². The first-order chi connectivity index (χ1) is 12.6. The largest absolute Gasteiger partial charge is 0.484 e. The van der Waals surface area contributed by atoms with Crippen molar-refractivity contribution in [3.8, 4) is 17.1 Å². The average Bonchev–Trinajstić information content (AvgIpc) is 3.09. The molecule has 0 atom stereocenters. The van der Waals surface area contributed by atoms with E-state index in [9.17, 15) is 9.18 Å². The fourth-order valence-corrected chi connectivity index (χ4v) is 2.57. The molecule has 0 unspecified atom stereocenters. The van der Waals surface area contributed by atoms with Crippen molar-refractivity contribution in [3.05, 3.63) is 76.2 Å². The van der Waals surface area contributed by atoms with E-state index in [1.165, 1.54) is 18.2 Å². The zero-order chi connectivity index (χ0) is 18.1. The maximum Gasteiger partial charge on any atom is 0.336 e. The molecule has 130 valence electrons. The van der Waals surface area contributed by atoms with Gasteiger partial charge in [-0.05, 0) is 48.9 Å². The lowest BCUT2D eigenvalue weighted by Gasteiger charge is -2.05. The topological polar surface area (TPSA) is 78.4 Å². The monoisotopic (exact) mass is 352 g/mol. The molecule has 0 spiro atoms. The molecule has 0 saturated carbocycles. The van der Waals surface area contributed by atoms with Crippen molar-refractivity contribution < 1.29 is 18.1 Å². The smallest absolute Gasteiger partial charge is 0.336 e. The van der Waals surface area contributed by atoms with Crippen LogP contribution in [0.3, 0.4) is 0 Å². The average molecular weight is 352 g/mol. The fourth-order valence-electron chi connectivity index (χ4n) is 2.57. The molecular formula is C19H13FN2O4. The minimum atomic E-state index is -0.409. The Morgan fingerprint density at radius 2 is 1.92 bits per heavy atom. The number of ether oxygens (including phenoxy) is 1. The van der Waals surface area contributed by atoms with Gasteiger partial charge in [-0.25, -0.2) is 9.18 Å². The second-order valence-corrected chi connectivity index (χ2v) is 5.71. The summed E-state index contributed by atoms with van der Waals surface area (Å²) in [5.41, 5.74) is 1.52. The summed E-state index contributed by atoms with van der Waals surface area (Å²) in [6.45, 7) is 1.89. The maximum atomic E-state index is 13.0. The summed E-state index contributed by atoms with van der Waals surface area (Å²) in [5.74, 6) is 0.797. The molecule has 0 radical (unpaired) electrons. The van der Waals surface area contributed by atoms with Gasteiger partial charge in [0.2, 0.25) is 5.82 Å². The van der Waals surface area contributed by atoms with E-state index in [0.29, 0.717) is 22.7 Å². The number of nitrogens with zero attached hydrogens (tertiary/aromatic N) is 2. The lowest BCUT2D eigenvalue weighted by atomic mass is 10.1. The summed E-state index contributed by atoms with van der Waals surface area (Å²) >= 11 is 0. The molecule has 2 aromatic heterocycles. The molecule has 26 heavy (non-hydrogen) atoms. The van der Waals surface area contributed by atoms with Gasteiger partial charge in [0.1, 0.15) is 17.1 Å². The molecule has 4 rings (SSSR count). The Hall–Kier alpha value is -3.48. The van der Waals surface area contributed by atoms with E-state index in [2.05, 4.69) is 10.1 Å². The molecule has 0 aliphatic rings. The zero-order valence-corrected chi connectivity index (χ0v) is 13.7. The predicted octanol–water partition coefficient (Wildman–Crippen LogP) is 3.87. The predicted molar refractivity (Wildman–Crippen MR) is 91.2 cm³/mol. The molecule has 6 nitrogen and oxygen atoms in total. The molecule has 0 bridgehead atoms. The maximum absolute atomic E-state index is 13.0. The van der Waals surface area contributed by atoms with Crippen molar-refractivity contribution >= 4 is 11.0 Å². The molecule has 2 aromatic carbocycles. The van der Waals surface area contributed by atoms with E-state index in [1.807, 2.05) is 13.0 Å². The highest BCUT2D eigenvalue weighted by Crippen LogP contribution is 2.23. The van der Waals surface area contributed by atoms with Crippen LogP contribution in [-0.4, -0.2) is 10.1 Å². The molecule has 0 fully saturated rings. The number of hydrogen-bond donors (Lipinski definition) is 0. The highest BCUT2D eigenvalue weighted by Gasteiger charge is 2.10. The molecule has 7 heteroatoms. The fraction of sp³-hybridized carbons (Fsp3) is 0.105. The first-order valence-electron chi connectivity index (χ1n) is 7.84. The number of hydrogen-bond acceptors (Lipinski definition) is 6. The SMILES string of the molecule is Cc1cc(=O)oc2cc(OCc3nc(-c4ccc(F)cc4)no3)ccc12. The van der Waals surface area contributed by atoms with Crippen LogP contribution in [-0.2, 0) is 6.61 Å². The summed E-state index contributed by atoms with van der Waals surface area (Å²) in [6, 6.07) is 12.5. The van der Waals surface area contributed by atoms with Crippen LogP contribution in [0, 0.1) is 12.7 Å². The molecule has 0 aliphatic carbocycles. The Labute approximate surface area is 146 Å². The lowest BCUT2D eigenvalue weighted by molar-refractivity contribution is 0.243. The van der Waals surface area contributed by atoms with Gasteiger partial charge >= 0.3 is 5.63 Å². The normalized spacial score (nSPS) is 11.0. The molecule has 4 aromatic rings. The molecular weight excluding hydrogens is 339 g/mol. The van der Waals surface area contributed by atoms with Crippen molar-refractivity contribution in [2.75, 3.05) is 0 Å².